The summed E-state index contributed by atoms with van der Waals surface area (Å²) in [5, 5.41) is 3.04. The molecule has 1 fully saturated rings. The third kappa shape index (κ3) is 2.72. The summed E-state index contributed by atoms with van der Waals surface area (Å²) < 4.78 is 26.8. The standard InChI is InChI=1S/C13H19F2N3/c1-2-18-7-3-4-9(8-18)17-13-11(16)6-5-10(14)12(13)15/h5-6,9,17H,2-4,7-8,16H2,1H3. The molecule has 1 atom stereocenters. The summed E-state index contributed by atoms with van der Waals surface area (Å²) in [5.41, 5.74) is 6.04. The van der Waals surface area contributed by atoms with E-state index in [-0.39, 0.29) is 17.4 Å². The van der Waals surface area contributed by atoms with Crippen molar-refractivity contribution in [3.63, 3.8) is 0 Å². The first kappa shape index (κ1) is 13.1. The van der Waals surface area contributed by atoms with E-state index in [1.54, 1.807) is 0 Å². The molecule has 100 valence electrons. The highest BCUT2D eigenvalue weighted by Gasteiger charge is 2.21. The zero-order chi connectivity index (χ0) is 13.1. The first-order chi connectivity index (χ1) is 8.61. The molecule has 2 rings (SSSR count). The SMILES string of the molecule is CCN1CCCC(Nc2c(N)ccc(F)c2F)C1. The van der Waals surface area contributed by atoms with Crippen LogP contribution in [0.3, 0.4) is 0 Å². The van der Waals surface area contributed by atoms with Gasteiger partial charge in [-0.05, 0) is 38.1 Å². The first-order valence-electron chi connectivity index (χ1n) is 6.34. The van der Waals surface area contributed by atoms with Crippen LogP contribution < -0.4 is 11.1 Å². The fourth-order valence-electron chi connectivity index (χ4n) is 2.38. The molecule has 1 saturated heterocycles. The Kier molecular flexibility index (Phi) is 4.01. The Labute approximate surface area is 106 Å². The van der Waals surface area contributed by atoms with Crippen molar-refractivity contribution in [2.45, 2.75) is 25.8 Å². The van der Waals surface area contributed by atoms with Gasteiger partial charge in [0, 0.05) is 12.6 Å². The number of benzene rings is 1. The highest BCUT2D eigenvalue weighted by atomic mass is 19.2. The van der Waals surface area contributed by atoms with Gasteiger partial charge in [-0.1, -0.05) is 6.92 Å². The maximum atomic E-state index is 13.7. The van der Waals surface area contributed by atoms with Crippen LogP contribution in [0.2, 0.25) is 0 Å². The number of halogens is 2. The number of nitrogens with two attached hydrogens (primary N) is 1. The van der Waals surface area contributed by atoms with Crippen molar-refractivity contribution in [1.82, 2.24) is 4.90 Å². The normalized spacial score (nSPS) is 20.9. The summed E-state index contributed by atoms with van der Waals surface area (Å²) in [4.78, 5) is 2.29. The number of likely N-dealkylation sites (tertiary alicyclic amines) is 1. The van der Waals surface area contributed by atoms with E-state index in [0.29, 0.717) is 0 Å². The zero-order valence-electron chi connectivity index (χ0n) is 10.5. The van der Waals surface area contributed by atoms with Crippen LogP contribution in [-0.2, 0) is 0 Å². The van der Waals surface area contributed by atoms with Gasteiger partial charge in [0.05, 0.1) is 11.4 Å². The van der Waals surface area contributed by atoms with Gasteiger partial charge in [-0.25, -0.2) is 8.78 Å². The maximum absolute atomic E-state index is 13.7. The highest BCUT2D eigenvalue weighted by Crippen LogP contribution is 2.26. The maximum Gasteiger partial charge on any atom is 0.183 e. The number of nitrogens with one attached hydrogen (secondary N) is 1. The minimum Gasteiger partial charge on any atom is -0.397 e. The lowest BCUT2D eigenvalue weighted by atomic mass is 10.1. The van der Waals surface area contributed by atoms with Crippen molar-refractivity contribution in [3.05, 3.63) is 23.8 Å². The molecule has 0 amide bonds. The third-order valence-electron chi connectivity index (χ3n) is 3.43. The van der Waals surface area contributed by atoms with E-state index in [9.17, 15) is 8.78 Å². The number of piperidine rings is 1. The van der Waals surface area contributed by atoms with Gasteiger partial charge < -0.3 is 16.0 Å². The lowest BCUT2D eigenvalue weighted by molar-refractivity contribution is 0.226. The summed E-state index contributed by atoms with van der Waals surface area (Å²) in [6.45, 7) is 4.97. The Morgan fingerprint density at radius 3 is 2.94 bits per heavy atom. The van der Waals surface area contributed by atoms with Crippen LogP contribution in [0.25, 0.3) is 0 Å². The van der Waals surface area contributed by atoms with E-state index in [1.165, 1.54) is 6.07 Å². The van der Waals surface area contributed by atoms with Crippen LogP contribution in [-0.4, -0.2) is 30.6 Å². The minimum absolute atomic E-state index is 0.0953. The average Bonchev–Trinajstić information content (AvgIpc) is 2.39. The average molecular weight is 255 g/mol. The molecule has 0 aromatic heterocycles. The molecule has 0 saturated carbocycles. The van der Waals surface area contributed by atoms with Crippen LogP contribution in [0.1, 0.15) is 19.8 Å². The molecule has 1 aromatic carbocycles. The van der Waals surface area contributed by atoms with Crippen molar-refractivity contribution in [3.8, 4) is 0 Å². The Hall–Kier alpha value is -1.36. The second-order valence-electron chi connectivity index (χ2n) is 4.70. The highest BCUT2D eigenvalue weighted by molar-refractivity contribution is 5.67. The van der Waals surface area contributed by atoms with E-state index < -0.39 is 11.6 Å². The van der Waals surface area contributed by atoms with Gasteiger partial charge in [-0.15, -0.1) is 0 Å². The smallest absolute Gasteiger partial charge is 0.183 e. The second kappa shape index (κ2) is 5.52. The Morgan fingerprint density at radius 1 is 1.44 bits per heavy atom. The number of nitrogen functional groups attached to an aromatic ring is 1. The fraction of sp³-hybridized carbons (Fsp3) is 0.538. The second-order valence-corrected chi connectivity index (χ2v) is 4.70. The Morgan fingerprint density at radius 2 is 2.22 bits per heavy atom. The summed E-state index contributed by atoms with van der Waals surface area (Å²) >= 11 is 0. The zero-order valence-corrected chi connectivity index (χ0v) is 10.5. The number of rotatable bonds is 3. The van der Waals surface area contributed by atoms with E-state index in [1.807, 2.05) is 0 Å². The lowest BCUT2D eigenvalue weighted by Gasteiger charge is -2.33. The minimum atomic E-state index is -0.886. The number of anilines is 2. The molecule has 0 spiro atoms. The summed E-state index contributed by atoms with van der Waals surface area (Å²) in [7, 11) is 0. The fourth-order valence-corrected chi connectivity index (χ4v) is 2.38. The molecule has 0 radical (unpaired) electrons. The molecule has 3 N–H and O–H groups in total. The molecular formula is C13H19F2N3. The number of likely N-dealkylation sites (N-methyl/N-ethyl adjacent to an activating group) is 1. The van der Waals surface area contributed by atoms with E-state index in [2.05, 4.69) is 17.1 Å². The van der Waals surface area contributed by atoms with Crippen molar-refractivity contribution < 1.29 is 8.78 Å². The van der Waals surface area contributed by atoms with Crippen LogP contribution >= 0.6 is 0 Å². The lowest BCUT2D eigenvalue weighted by Crippen LogP contribution is -2.42. The van der Waals surface area contributed by atoms with Gasteiger partial charge in [0.25, 0.3) is 0 Å². The largest absolute Gasteiger partial charge is 0.397 e. The van der Waals surface area contributed by atoms with Crippen molar-refractivity contribution in [2.24, 2.45) is 0 Å². The van der Waals surface area contributed by atoms with Crippen molar-refractivity contribution in [1.29, 1.82) is 0 Å². The molecule has 1 unspecified atom stereocenters. The summed E-state index contributed by atoms with van der Waals surface area (Å²) in [6, 6.07) is 2.56. The van der Waals surface area contributed by atoms with Crippen LogP contribution in [0.4, 0.5) is 20.2 Å². The third-order valence-corrected chi connectivity index (χ3v) is 3.43. The molecule has 1 aromatic rings. The van der Waals surface area contributed by atoms with E-state index >= 15 is 0 Å². The summed E-state index contributed by atoms with van der Waals surface area (Å²) in [6.07, 6.45) is 2.01. The molecule has 3 nitrogen and oxygen atoms in total. The van der Waals surface area contributed by atoms with Crippen LogP contribution in [0, 0.1) is 11.6 Å². The van der Waals surface area contributed by atoms with Gasteiger partial charge in [0.15, 0.2) is 11.6 Å². The summed E-state index contributed by atoms with van der Waals surface area (Å²) in [5.74, 6) is -1.75. The monoisotopic (exact) mass is 255 g/mol. The molecule has 5 heteroatoms. The number of nitrogens with zero attached hydrogens (tertiary/aromatic N) is 1. The van der Waals surface area contributed by atoms with Gasteiger partial charge in [-0.2, -0.15) is 0 Å². The first-order valence-corrected chi connectivity index (χ1v) is 6.34. The molecule has 0 bridgehead atoms. The van der Waals surface area contributed by atoms with Gasteiger partial charge in [0.2, 0.25) is 0 Å². The Balaban J connectivity index is 2.11. The molecule has 1 aliphatic rings. The van der Waals surface area contributed by atoms with Gasteiger partial charge in [-0.3, -0.25) is 0 Å². The van der Waals surface area contributed by atoms with Gasteiger partial charge in [0.1, 0.15) is 0 Å². The van der Waals surface area contributed by atoms with Crippen LogP contribution in [0.15, 0.2) is 12.1 Å². The topological polar surface area (TPSA) is 41.3 Å². The Bertz CT molecular complexity index is 423. The predicted molar refractivity (Wildman–Crippen MR) is 69.5 cm³/mol. The number of hydrogen-bond acceptors (Lipinski definition) is 3. The molecular weight excluding hydrogens is 236 g/mol. The van der Waals surface area contributed by atoms with E-state index in [0.717, 1.165) is 38.5 Å². The number of hydrogen-bond donors (Lipinski definition) is 2. The molecule has 1 heterocycles. The van der Waals surface area contributed by atoms with Crippen molar-refractivity contribution >= 4 is 11.4 Å². The van der Waals surface area contributed by atoms with Crippen molar-refractivity contribution in [2.75, 3.05) is 30.7 Å². The molecule has 0 aliphatic carbocycles. The predicted octanol–water partition coefficient (Wildman–Crippen LogP) is 2.44. The van der Waals surface area contributed by atoms with Gasteiger partial charge >= 0.3 is 0 Å². The molecule has 18 heavy (non-hydrogen) atoms. The van der Waals surface area contributed by atoms with Crippen LogP contribution in [0.5, 0.6) is 0 Å². The quantitative estimate of drug-likeness (QED) is 0.815. The molecule has 1 aliphatic heterocycles. The van der Waals surface area contributed by atoms with E-state index in [4.69, 9.17) is 5.73 Å².